The Kier molecular flexibility index (Phi) is 3.84. The molecule has 21 heavy (non-hydrogen) atoms. The first-order valence-electron chi connectivity index (χ1n) is 6.82. The van der Waals surface area contributed by atoms with Gasteiger partial charge in [-0.25, -0.2) is 13.4 Å². The molecule has 7 heteroatoms. The highest BCUT2D eigenvalue weighted by Crippen LogP contribution is 2.29. The zero-order chi connectivity index (χ0) is 15.0. The summed E-state index contributed by atoms with van der Waals surface area (Å²) in [5.41, 5.74) is 1.71. The molecule has 2 aromatic rings. The summed E-state index contributed by atoms with van der Waals surface area (Å²) < 4.78 is 30.6. The van der Waals surface area contributed by atoms with E-state index in [9.17, 15) is 8.42 Å². The van der Waals surface area contributed by atoms with Crippen molar-refractivity contribution in [2.45, 2.75) is 18.8 Å². The van der Waals surface area contributed by atoms with Crippen LogP contribution in [0, 0.1) is 5.92 Å². The molecule has 0 saturated carbocycles. The lowest BCUT2D eigenvalue weighted by molar-refractivity contribution is 0.419. The minimum atomic E-state index is -2.88. The Hall–Kier alpha value is -1.27. The maximum absolute atomic E-state index is 11.6. The van der Waals surface area contributed by atoms with E-state index >= 15 is 0 Å². The molecule has 0 spiro atoms. The second-order valence-electron chi connectivity index (χ2n) is 5.37. The molecule has 1 fully saturated rings. The number of alkyl halides is 1. The maximum atomic E-state index is 11.6. The molecule has 1 aromatic carbocycles. The lowest BCUT2D eigenvalue weighted by Gasteiger charge is -2.12. The number of imidazole rings is 1. The number of aromatic nitrogens is 2. The molecule has 0 aliphatic carbocycles. The summed E-state index contributed by atoms with van der Waals surface area (Å²) in [5.74, 6) is 2.40. The van der Waals surface area contributed by atoms with E-state index in [0.29, 0.717) is 18.7 Å². The summed E-state index contributed by atoms with van der Waals surface area (Å²) in [6.45, 7) is 0.630. The van der Waals surface area contributed by atoms with Crippen LogP contribution in [0.3, 0.4) is 0 Å². The minimum absolute atomic E-state index is 0.126. The van der Waals surface area contributed by atoms with E-state index in [4.69, 9.17) is 16.3 Å². The summed E-state index contributed by atoms with van der Waals surface area (Å²) in [6, 6.07) is 5.73. The Morgan fingerprint density at radius 1 is 1.48 bits per heavy atom. The molecule has 1 aliphatic rings. The van der Waals surface area contributed by atoms with E-state index in [-0.39, 0.29) is 23.3 Å². The molecule has 1 atom stereocenters. The lowest BCUT2D eigenvalue weighted by Crippen LogP contribution is -2.14. The minimum Gasteiger partial charge on any atom is -0.494 e. The number of methoxy groups -OCH3 is 1. The van der Waals surface area contributed by atoms with Crippen LogP contribution < -0.4 is 4.74 Å². The van der Waals surface area contributed by atoms with Gasteiger partial charge in [-0.05, 0) is 24.5 Å². The van der Waals surface area contributed by atoms with Gasteiger partial charge in [-0.3, -0.25) is 0 Å². The maximum Gasteiger partial charge on any atom is 0.150 e. The van der Waals surface area contributed by atoms with Crippen molar-refractivity contribution in [2.75, 3.05) is 18.6 Å². The average Bonchev–Trinajstić information content (AvgIpc) is 2.99. The first-order chi connectivity index (χ1) is 10.0. The molecule has 0 radical (unpaired) electrons. The van der Waals surface area contributed by atoms with Crippen LogP contribution in [0.4, 0.5) is 0 Å². The number of nitrogens with zero attached hydrogens (tertiary/aromatic N) is 2. The molecular weight excluding hydrogens is 312 g/mol. The zero-order valence-electron chi connectivity index (χ0n) is 11.8. The van der Waals surface area contributed by atoms with Crippen molar-refractivity contribution < 1.29 is 13.2 Å². The van der Waals surface area contributed by atoms with Crippen LogP contribution in [0.15, 0.2) is 18.2 Å². The van der Waals surface area contributed by atoms with Crippen LogP contribution in [-0.2, 0) is 22.3 Å². The van der Waals surface area contributed by atoms with Gasteiger partial charge in [0.05, 0.1) is 30.0 Å². The van der Waals surface area contributed by atoms with E-state index in [1.807, 2.05) is 22.8 Å². The first-order valence-corrected chi connectivity index (χ1v) is 9.18. The highest BCUT2D eigenvalue weighted by atomic mass is 35.5. The fraction of sp³-hybridized carbons (Fsp3) is 0.500. The topological polar surface area (TPSA) is 61.2 Å². The number of sulfone groups is 1. The number of halogens is 1. The Morgan fingerprint density at radius 2 is 2.29 bits per heavy atom. The third-order valence-corrected chi connectivity index (χ3v) is 6.00. The van der Waals surface area contributed by atoms with Crippen molar-refractivity contribution in [3.63, 3.8) is 0 Å². The SMILES string of the molecule is COc1cccc2c1nc(CCl)n2CC1CCS(=O)(=O)C1. The number of para-hydroxylation sites is 1. The number of fused-ring (bicyclic) bond motifs is 1. The molecule has 1 saturated heterocycles. The summed E-state index contributed by atoms with van der Waals surface area (Å²) in [4.78, 5) is 4.54. The molecule has 0 bridgehead atoms. The number of hydrogen-bond acceptors (Lipinski definition) is 4. The van der Waals surface area contributed by atoms with Crippen LogP contribution in [0.25, 0.3) is 11.0 Å². The Balaban J connectivity index is 2.01. The van der Waals surface area contributed by atoms with E-state index in [2.05, 4.69) is 4.98 Å². The second kappa shape index (κ2) is 5.50. The monoisotopic (exact) mass is 328 g/mol. The van der Waals surface area contributed by atoms with Gasteiger partial charge < -0.3 is 9.30 Å². The fourth-order valence-electron chi connectivity index (χ4n) is 2.91. The average molecular weight is 329 g/mol. The highest BCUT2D eigenvalue weighted by Gasteiger charge is 2.29. The van der Waals surface area contributed by atoms with Crippen LogP contribution in [0.1, 0.15) is 12.2 Å². The van der Waals surface area contributed by atoms with Gasteiger partial charge in [0.1, 0.15) is 17.1 Å². The fourth-order valence-corrected chi connectivity index (χ4v) is 4.97. The van der Waals surface area contributed by atoms with Gasteiger partial charge >= 0.3 is 0 Å². The van der Waals surface area contributed by atoms with Crippen LogP contribution in [-0.4, -0.2) is 36.6 Å². The Bertz CT molecular complexity index is 770. The molecule has 1 unspecified atom stereocenters. The standard InChI is InChI=1S/C14H17ClN2O3S/c1-20-12-4-2-3-11-14(12)16-13(7-15)17(11)8-10-5-6-21(18,19)9-10/h2-4,10H,5-9H2,1H3. The van der Waals surface area contributed by atoms with E-state index in [1.54, 1.807) is 7.11 Å². The Morgan fingerprint density at radius 3 is 2.90 bits per heavy atom. The van der Waals surface area contributed by atoms with Crippen molar-refractivity contribution in [2.24, 2.45) is 5.92 Å². The molecular formula is C14H17ClN2O3S. The van der Waals surface area contributed by atoms with Gasteiger partial charge in [-0.2, -0.15) is 0 Å². The molecule has 2 heterocycles. The molecule has 114 valence electrons. The van der Waals surface area contributed by atoms with Gasteiger partial charge in [0, 0.05) is 6.54 Å². The van der Waals surface area contributed by atoms with Crippen LogP contribution >= 0.6 is 11.6 Å². The predicted molar refractivity (Wildman–Crippen MR) is 82.6 cm³/mol. The van der Waals surface area contributed by atoms with E-state index < -0.39 is 9.84 Å². The van der Waals surface area contributed by atoms with Crippen molar-refractivity contribution in [1.82, 2.24) is 9.55 Å². The summed E-state index contributed by atoms with van der Waals surface area (Å²) in [6.07, 6.45) is 0.702. The second-order valence-corrected chi connectivity index (χ2v) is 7.87. The zero-order valence-corrected chi connectivity index (χ0v) is 13.3. The van der Waals surface area contributed by atoms with Crippen LogP contribution in [0.2, 0.25) is 0 Å². The van der Waals surface area contributed by atoms with E-state index in [0.717, 1.165) is 16.9 Å². The third-order valence-electron chi connectivity index (χ3n) is 3.93. The molecule has 3 rings (SSSR count). The number of ether oxygens (including phenoxy) is 1. The predicted octanol–water partition coefficient (Wildman–Crippen LogP) is 2.22. The quantitative estimate of drug-likeness (QED) is 0.807. The Labute approximate surface area is 128 Å². The van der Waals surface area contributed by atoms with Gasteiger partial charge in [0.25, 0.3) is 0 Å². The van der Waals surface area contributed by atoms with Crippen molar-refractivity contribution >= 4 is 32.5 Å². The van der Waals surface area contributed by atoms with Gasteiger partial charge in [0.15, 0.2) is 9.84 Å². The smallest absolute Gasteiger partial charge is 0.150 e. The first kappa shape index (κ1) is 14.7. The van der Waals surface area contributed by atoms with Crippen LogP contribution in [0.5, 0.6) is 5.75 Å². The van der Waals surface area contributed by atoms with Crippen molar-refractivity contribution in [3.05, 3.63) is 24.0 Å². The van der Waals surface area contributed by atoms with E-state index in [1.165, 1.54) is 0 Å². The highest BCUT2D eigenvalue weighted by molar-refractivity contribution is 7.91. The van der Waals surface area contributed by atoms with Gasteiger partial charge in [-0.1, -0.05) is 6.07 Å². The number of hydrogen-bond donors (Lipinski definition) is 0. The molecule has 5 nitrogen and oxygen atoms in total. The number of rotatable bonds is 4. The number of benzene rings is 1. The molecule has 0 N–H and O–H groups in total. The largest absolute Gasteiger partial charge is 0.494 e. The summed E-state index contributed by atoms with van der Waals surface area (Å²) in [5, 5.41) is 0. The normalized spacial score (nSPS) is 21.0. The molecule has 1 aromatic heterocycles. The molecule has 0 amide bonds. The molecule has 1 aliphatic heterocycles. The third kappa shape index (κ3) is 2.74. The lowest BCUT2D eigenvalue weighted by atomic mass is 10.1. The van der Waals surface area contributed by atoms with Crippen molar-refractivity contribution in [3.8, 4) is 5.75 Å². The van der Waals surface area contributed by atoms with Gasteiger partial charge in [-0.15, -0.1) is 11.6 Å². The summed E-state index contributed by atoms with van der Waals surface area (Å²) in [7, 11) is -1.27. The van der Waals surface area contributed by atoms with Gasteiger partial charge in [0.2, 0.25) is 0 Å². The summed E-state index contributed by atoms with van der Waals surface area (Å²) >= 11 is 6.00. The van der Waals surface area contributed by atoms with Crippen molar-refractivity contribution in [1.29, 1.82) is 0 Å².